The Morgan fingerprint density at radius 2 is 1.55 bits per heavy atom. The molecule has 12 heteroatoms. The second-order valence-electron chi connectivity index (χ2n) is 9.75. The average Bonchev–Trinajstić information content (AvgIpc) is 2.86. The Morgan fingerprint density at radius 1 is 0.974 bits per heavy atom. The smallest absolute Gasteiger partial charge is 0.409 e. The third-order valence-corrected chi connectivity index (χ3v) is 7.82. The van der Waals surface area contributed by atoms with E-state index in [1.807, 2.05) is 6.92 Å². The molecule has 1 aromatic rings. The van der Waals surface area contributed by atoms with Crippen molar-refractivity contribution in [2.45, 2.75) is 66.0 Å². The van der Waals surface area contributed by atoms with Gasteiger partial charge in [0.2, 0.25) is 5.91 Å². The van der Waals surface area contributed by atoms with Crippen molar-refractivity contribution < 1.29 is 37.5 Å². The van der Waals surface area contributed by atoms with E-state index in [1.54, 1.807) is 68.7 Å². The number of alkyl carbamates (subject to hydrolysis) is 1. The van der Waals surface area contributed by atoms with Crippen LogP contribution < -0.4 is 10.6 Å². The van der Waals surface area contributed by atoms with Crippen LogP contribution in [0.2, 0.25) is 0 Å². The van der Waals surface area contributed by atoms with Gasteiger partial charge >= 0.3 is 19.8 Å². The zero-order chi connectivity index (χ0) is 28.3. The molecule has 0 aliphatic carbocycles. The summed E-state index contributed by atoms with van der Waals surface area (Å²) in [6.07, 6.45) is 0.498. The fourth-order valence-corrected chi connectivity index (χ4v) is 5.70. The molecule has 1 atom stereocenters. The quantitative estimate of drug-likeness (QED) is 0.318. The highest BCUT2D eigenvalue weighted by molar-refractivity contribution is 7.62. The van der Waals surface area contributed by atoms with Gasteiger partial charge in [0.1, 0.15) is 11.6 Å². The van der Waals surface area contributed by atoms with Crippen molar-refractivity contribution in [3.63, 3.8) is 0 Å². The third-order valence-electron chi connectivity index (χ3n) is 5.62. The standard InChI is InChI=1S/C26H42N3O8P/c1-7-10-19-34-25(32)29-17-15-28(16-18-29)23(30)22(27-24(31)37-26(4,5)6)20-13-11-12-14-21(20)38(33,35-8-2)36-9-3/h11-14,22H,7-10,15-19H2,1-6H3,(H,27,31). The van der Waals surface area contributed by atoms with Gasteiger partial charge in [0, 0.05) is 26.2 Å². The van der Waals surface area contributed by atoms with Gasteiger partial charge < -0.3 is 33.6 Å². The maximum Gasteiger partial charge on any atom is 0.409 e. The second-order valence-corrected chi connectivity index (χ2v) is 11.7. The van der Waals surface area contributed by atoms with Crippen molar-refractivity contribution in [2.75, 3.05) is 46.0 Å². The Morgan fingerprint density at radius 3 is 2.11 bits per heavy atom. The van der Waals surface area contributed by atoms with Crippen LogP contribution in [0.5, 0.6) is 0 Å². The van der Waals surface area contributed by atoms with Gasteiger partial charge in [0.15, 0.2) is 0 Å². The Labute approximate surface area is 225 Å². The van der Waals surface area contributed by atoms with Gasteiger partial charge in [-0.15, -0.1) is 0 Å². The molecular weight excluding hydrogens is 513 g/mol. The number of hydrogen-bond acceptors (Lipinski definition) is 8. The summed E-state index contributed by atoms with van der Waals surface area (Å²) >= 11 is 0. The van der Waals surface area contributed by atoms with E-state index in [-0.39, 0.29) is 50.3 Å². The first-order valence-corrected chi connectivity index (χ1v) is 14.7. The van der Waals surface area contributed by atoms with Crippen molar-refractivity contribution in [3.8, 4) is 0 Å². The maximum atomic E-state index is 13.8. The van der Waals surface area contributed by atoms with Crippen LogP contribution in [0, 0.1) is 0 Å². The van der Waals surface area contributed by atoms with Crippen LogP contribution in [-0.4, -0.2) is 79.5 Å². The molecule has 214 valence electrons. The minimum absolute atomic E-state index is 0.125. The molecule has 0 bridgehead atoms. The minimum atomic E-state index is -3.80. The summed E-state index contributed by atoms with van der Waals surface area (Å²) in [6, 6.07) is 5.31. The van der Waals surface area contributed by atoms with Gasteiger partial charge in [-0.05, 0) is 52.7 Å². The number of nitrogens with zero attached hydrogens (tertiary/aromatic N) is 2. The number of hydrogen-bond donors (Lipinski definition) is 1. The van der Waals surface area contributed by atoms with Gasteiger partial charge in [-0.2, -0.15) is 0 Å². The number of carbonyl (C=O) groups excluding carboxylic acids is 3. The molecule has 2 rings (SSSR count). The third kappa shape index (κ3) is 8.99. The Bertz CT molecular complexity index is 979. The normalized spacial score (nSPS) is 15.1. The Hall–Kier alpha value is -2.62. The first-order valence-electron chi connectivity index (χ1n) is 13.1. The Kier molecular flexibility index (Phi) is 12.1. The lowest BCUT2D eigenvalue weighted by Gasteiger charge is -2.36. The van der Waals surface area contributed by atoms with Gasteiger partial charge in [-0.25, -0.2) is 9.59 Å². The van der Waals surface area contributed by atoms with E-state index in [9.17, 15) is 18.9 Å². The molecule has 1 heterocycles. The predicted octanol–water partition coefficient (Wildman–Crippen LogP) is 4.22. The van der Waals surface area contributed by atoms with Crippen LogP contribution in [0.3, 0.4) is 0 Å². The van der Waals surface area contributed by atoms with E-state index in [0.717, 1.165) is 12.8 Å². The fraction of sp³-hybridized carbons (Fsp3) is 0.654. The van der Waals surface area contributed by atoms with Crippen LogP contribution in [0.25, 0.3) is 0 Å². The van der Waals surface area contributed by atoms with Crippen LogP contribution in [-0.2, 0) is 27.9 Å². The summed E-state index contributed by atoms with van der Waals surface area (Å²) in [4.78, 5) is 42.1. The van der Waals surface area contributed by atoms with Crippen LogP contribution in [0.1, 0.15) is 66.0 Å². The monoisotopic (exact) mass is 555 g/mol. The van der Waals surface area contributed by atoms with Crippen LogP contribution >= 0.6 is 7.60 Å². The van der Waals surface area contributed by atoms with E-state index < -0.39 is 37.3 Å². The zero-order valence-corrected chi connectivity index (χ0v) is 24.3. The molecule has 1 saturated heterocycles. The summed E-state index contributed by atoms with van der Waals surface area (Å²) < 4.78 is 35.5. The van der Waals surface area contributed by atoms with Crippen molar-refractivity contribution >= 4 is 31.0 Å². The lowest BCUT2D eigenvalue weighted by Crippen LogP contribution is -2.54. The highest BCUT2D eigenvalue weighted by Crippen LogP contribution is 2.48. The lowest BCUT2D eigenvalue weighted by molar-refractivity contribution is -0.135. The molecule has 0 aromatic heterocycles. The summed E-state index contributed by atoms with van der Waals surface area (Å²) in [5, 5.41) is 2.85. The molecule has 1 aliphatic heterocycles. The first kappa shape index (κ1) is 31.6. The maximum absolute atomic E-state index is 13.8. The molecule has 0 spiro atoms. The Balaban J connectivity index is 2.34. The number of piperazine rings is 1. The van der Waals surface area contributed by atoms with Crippen LogP contribution in [0.4, 0.5) is 9.59 Å². The predicted molar refractivity (Wildman–Crippen MR) is 143 cm³/mol. The molecule has 1 aromatic carbocycles. The summed E-state index contributed by atoms with van der Waals surface area (Å²) in [5.74, 6) is -0.429. The topological polar surface area (TPSA) is 124 Å². The van der Waals surface area contributed by atoms with E-state index in [2.05, 4.69) is 5.32 Å². The van der Waals surface area contributed by atoms with Crippen molar-refractivity contribution in [2.24, 2.45) is 0 Å². The lowest BCUT2D eigenvalue weighted by atomic mass is 10.0. The largest absolute Gasteiger partial charge is 0.449 e. The molecule has 1 fully saturated rings. The molecule has 3 amide bonds. The number of nitrogens with one attached hydrogen (secondary N) is 1. The number of amides is 3. The van der Waals surface area contributed by atoms with Gasteiger partial charge in [-0.3, -0.25) is 9.36 Å². The van der Waals surface area contributed by atoms with Gasteiger partial charge in [0.25, 0.3) is 0 Å². The average molecular weight is 556 g/mol. The number of ether oxygens (including phenoxy) is 2. The minimum Gasteiger partial charge on any atom is -0.449 e. The molecule has 0 saturated carbocycles. The molecule has 11 nitrogen and oxygen atoms in total. The molecule has 38 heavy (non-hydrogen) atoms. The van der Waals surface area contributed by atoms with Gasteiger partial charge in [-0.1, -0.05) is 31.5 Å². The van der Waals surface area contributed by atoms with E-state index in [1.165, 1.54) is 0 Å². The molecule has 0 radical (unpaired) electrons. The number of benzene rings is 1. The van der Waals surface area contributed by atoms with E-state index in [0.29, 0.717) is 6.61 Å². The first-order chi connectivity index (χ1) is 18.0. The van der Waals surface area contributed by atoms with Crippen molar-refractivity contribution in [1.29, 1.82) is 0 Å². The highest BCUT2D eigenvalue weighted by Gasteiger charge is 2.38. The SMILES string of the molecule is CCCCOC(=O)N1CCN(C(=O)C(NC(=O)OC(C)(C)C)c2ccccc2P(=O)(OCC)OCC)CC1. The zero-order valence-electron chi connectivity index (χ0n) is 23.4. The van der Waals surface area contributed by atoms with E-state index in [4.69, 9.17) is 18.5 Å². The number of unbranched alkanes of at least 4 members (excludes halogenated alkanes) is 1. The highest BCUT2D eigenvalue weighted by atomic mass is 31.2. The molecule has 1 N–H and O–H groups in total. The molecule has 1 unspecified atom stereocenters. The molecule has 1 aliphatic rings. The fourth-order valence-electron chi connectivity index (χ4n) is 3.88. The van der Waals surface area contributed by atoms with Crippen LogP contribution in [0.15, 0.2) is 24.3 Å². The van der Waals surface area contributed by atoms with Crippen molar-refractivity contribution in [3.05, 3.63) is 29.8 Å². The van der Waals surface area contributed by atoms with Gasteiger partial charge in [0.05, 0.1) is 25.1 Å². The van der Waals surface area contributed by atoms with E-state index >= 15 is 0 Å². The van der Waals surface area contributed by atoms with Crippen molar-refractivity contribution in [1.82, 2.24) is 15.1 Å². The summed E-state index contributed by atoms with van der Waals surface area (Å²) in [5.41, 5.74) is -0.512. The second kappa shape index (κ2) is 14.5. The number of carbonyl (C=O) groups is 3. The summed E-state index contributed by atoms with van der Waals surface area (Å²) in [7, 11) is -3.80. The summed E-state index contributed by atoms with van der Waals surface area (Å²) in [6.45, 7) is 12.2. The number of rotatable bonds is 11. The molecular formula is C26H42N3O8P.